The van der Waals surface area contributed by atoms with Gasteiger partial charge >= 0.3 is 0 Å². The van der Waals surface area contributed by atoms with Crippen molar-refractivity contribution in [3.8, 4) is 0 Å². The van der Waals surface area contributed by atoms with Crippen LogP contribution in [0.3, 0.4) is 0 Å². The molecule has 1 aliphatic rings. The Balaban J connectivity index is 1.69. The number of imidazole rings is 1. The van der Waals surface area contributed by atoms with Crippen LogP contribution in [0.15, 0.2) is 64.6 Å². The van der Waals surface area contributed by atoms with Gasteiger partial charge in [0.2, 0.25) is 10.0 Å². The van der Waals surface area contributed by atoms with Gasteiger partial charge < -0.3 is 4.98 Å². The molecule has 1 atom stereocenters. The number of rotatable bonds is 7. The van der Waals surface area contributed by atoms with E-state index in [4.69, 9.17) is 21.8 Å². The minimum atomic E-state index is -3.74. The molecule has 0 radical (unpaired) electrons. The zero-order valence-corrected chi connectivity index (χ0v) is 18.7. The Labute approximate surface area is 187 Å². The lowest BCUT2D eigenvalue weighted by atomic mass is 10.0. The second-order valence-electron chi connectivity index (χ2n) is 7.51. The van der Waals surface area contributed by atoms with Crippen molar-refractivity contribution in [1.29, 1.82) is 0 Å². The monoisotopic (exact) mass is 457 g/mol. The van der Waals surface area contributed by atoms with Crippen molar-refractivity contribution < 1.29 is 8.42 Å². The van der Waals surface area contributed by atoms with Crippen LogP contribution in [0.2, 0.25) is 5.15 Å². The van der Waals surface area contributed by atoms with E-state index < -0.39 is 10.0 Å². The SMILES string of the molecule is CCCCc1nc(Cl)c(C2CC(c3ccc(S(N)(=O)=O)cc3)=NN2c2ccccc2)[nH]1. The maximum absolute atomic E-state index is 11.6. The number of hydrogen-bond acceptors (Lipinski definition) is 5. The highest BCUT2D eigenvalue weighted by Crippen LogP contribution is 2.38. The Morgan fingerprint density at radius 2 is 1.87 bits per heavy atom. The molecule has 0 amide bonds. The van der Waals surface area contributed by atoms with Crippen molar-refractivity contribution in [3.05, 3.63) is 76.8 Å². The highest BCUT2D eigenvalue weighted by atomic mass is 35.5. The van der Waals surface area contributed by atoms with E-state index in [0.717, 1.165) is 47.7 Å². The number of primary sulfonamides is 1. The van der Waals surface area contributed by atoms with Gasteiger partial charge in [0.25, 0.3) is 0 Å². The molecular weight excluding hydrogens is 434 g/mol. The number of nitrogens with zero attached hydrogens (tertiary/aromatic N) is 3. The molecule has 0 saturated carbocycles. The third-order valence-corrected chi connectivity index (χ3v) is 6.50. The summed E-state index contributed by atoms with van der Waals surface area (Å²) in [5, 5.41) is 12.5. The smallest absolute Gasteiger partial charge is 0.238 e. The molecule has 3 N–H and O–H groups in total. The second-order valence-corrected chi connectivity index (χ2v) is 9.43. The van der Waals surface area contributed by atoms with Gasteiger partial charge in [-0.1, -0.05) is 55.3 Å². The predicted octanol–water partition coefficient (Wildman–Crippen LogP) is 4.41. The number of aromatic nitrogens is 2. The maximum Gasteiger partial charge on any atom is 0.238 e. The van der Waals surface area contributed by atoms with E-state index in [0.29, 0.717) is 11.6 Å². The number of sulfonamides is 1. The van der Waals surface area contributed by atoms with E-state index >= 15 is 0 Å². The summed E-state index contributed by atoms with van der Waals surface area (Å²) in [4.78, 5) is 7.99. The summed E-state index contributed by atoms with van der Waals surface area (Å²) in [6, 6.07) is 16.2. The number of nitrogens with one attached hydrogen (secondary N) is 1. The van der Waals surface area contributed by atoms with Gasteiger partial charge in [-0.2, -0.15) is 5.10 Å². The van der Waals surface area contributed by atoms with Gasteiger partial charge in [-0.05, 0) is 36.2 Å². The first-order valence-electron chi connectivity index (χ1n) is 10.2. The van der Waals surface area contributed by atoms with E-state index in [1.807, 2.05) is 35.3 Å². The lowest BCUT2D eigenvalue weighted by Crippen LogP contribution is -2.19. The first kappa shape index (κ1) is 21.5. The summed E-state index contributed by atoms with van der Waals surface area (Å²) in [6.07, 6.45) is 3.55. The lowest BCUT2D eigenvalue weighted by molar-refractivity contribution is 0.598. The zero-order chi connectivity index (χ0) is 22.0. The summed E-state index contributed by atoms with van der Waals surface area (Å²) < 4.78 is 23.1. The highest BCUT2D eigenvalue weighted by molar-refractivity contribution is 7.89. The van der Waals surface area contributed by atoms with Crippen LogP contribution in [-0.2, 0) is 16.4 Å². The van der Waals surface area contributed by atoms with Gasteiger partial charge in [-0.25, -0.2) is 18.5 Å². The van der Waals surface area contributed by atoms with Gasteiger partial charge in [0.05, 0.1) is 22.0 Å². The molecule has 0 aliphatic carbocycles. The van der Waals surface area contributed by atoms with Crippen LogP contribution in [0.5, 0.6) is 0 Å². The number of aryl methyl sites for hydroxylation is 1. The number of hydrogen-bond donors (Lipinski definition) is 2. The molecule has 0 saturated heterocycles. The van der Waals surface area contributed by atoms with Gasteiger partial charge in [-0.3, -0.25) is 5.01 Å². The molecule has 7 nitrogen and oxygen atoms in total. The molecule has 2 heterocycles. The summed E-state index contributed by atoms with van der Waals surface area (Å²) in [6.45, 7) is 2.14. The van der Waals surface area contributed by atoms with E-state index in [-0.39, 0.29) is 10.9 Å². The third-order valence-electron chi connectivity index (χ3n) is 5.28. The fourth-order valence-electron chi connectivity index (χ4n) is 3.66. The highest BCUT2D eigenvalue weighted by Gasteiger charge is 2.33. The summed E-state index contributed by atoms with van der Waals surface area (Å²) in [5.41, 5.74) is 3.43. The summed E-state index contributed by atoms with van der Waals surface area (Å²) in [7, 11) is -3.74. The normalized spacial score (nSPS) is 16.5. The number of hydrazone groups is 1. The first-order valence-corrected chi connectivity index (χ1v) is 12.1. The molecule has 31 heavy (non-hydrogen) atoms. The van der Waals surface area contributed by atoms with Crippen molar-refractivity contribution in [3.63, 3.8) is 0 Å². The fraction of sp³-hybridized carbons (Fsp3) is 0.273. The van der Waals surface area contributed by atoms with Crippen LogP contribution < -0.4 is 10.1 Å². The Hall–Kier alpha value is -2.68. The van der Waals surface area contributed by atoms with Crippen LogP contribution in [0, 0.1) is 0 Å². The molecule has 0 fully saturated rings. The van der Waals surface area contributed by atoms with Crippen molar-refractivity contribution in [2.45, 2.75) is 43.5 Å². The number of halogens is 1. The fourth-order valence-corrected chi connectivity index (χ4v) is 4.45. The number of benzene rings is 2. The van der Waals surface area contributed by atoms with E-state index in [2.05, 4.69) is 16.9 Å². The van der Waals surface area contributed by atoms with Crippen molar-refractivity contribution in [1.82, 2.24) is 9.97 Å². The predicted molar refractivity (Wildman–Crippen MR) is 123 cm³/mol. The number of aromatic amines is 1. The van der Waals surface area contributed by atoms with Crippen LogP contribution in [0.25, 0.3) is 0 Å². The standard InChI is InChI=1S/C22H24ClN5O2S/c1-2-3-9-20-25-21(22(23)26-20)19-14-18(27-28(19)16-7-5-4-6-8-16)15-10-12-17(13-11-15)31(24,29)30/h4-8,10-13,19H,2-3,9,14H2,1H3,(H,25,26)(H2,24,29,30). The molecule has 9 heteroatoms. The number of H-pyrrole nitrogens is 1. The molecule has 4 rings (SSSR count). The van der Waals surface area contributed by atoms with Crippen molar-refractivity contribution in [2.75, 3.05) is 5.01 Å². The number of anilines is 1. The topological polar surface area (TPSA) is 104 Å². The van der Waals surface area contributed by atoms with Gasteiger partial charge in [0, 0.05) is 12.8 Å². The molecule has 0 spiro atoms. The summed E-state index contributed by atoms with van der Waals surface area (Å²) >= 11 is 6.52. The molecule has 0 bridgehead atoms. The average Bonchev–Trinajstić information content (AvgIpc) is 3.36. The van der Waals surface area contributed by atoms with Crippen LogP contribution in [0.4, 0.5) is 5.69 Å². The Bertz CT molecular complexity index is 1190. The number of nitrogens with two attached hydrogens (primary N) is 1. The van der Waals surface area contributed by atoms with E-state index in [1.165, 1.54) is 12.1 Å². The largest absolute Gasteiger partial charge is 0.343 e. The third kappa shape index (κ3) is 4.66. The minimum absolute atomic E-state index is 0.0727. The van der Waals surface area contributed by atoms with Crippen LogP contribution >= 0.6 is 11.6 Å². The van der Waals surface area contributed by atoms with Crippen LogP contribution in [-0.4, -0.2) is 24.1 Å². The van der Waals surface area contributed by atoms with Crippen molar-refractivity contribution >= 4 is 33.0 Å². The molecule has 162 valence electrons. The molecular formula is C22H24ClN5O2S. The van der Waals surface area contributed by atoms with Gasteiger partial charge in [-0.15, -0.1) is 0 Å². The van der Waals surface area contributed by atoms with Gasteiger partial charge in [0.15, 0.2) is 5.15 Å². The molecule has 1 aromatic heterocycles. The first-order chi connectivity index (χ1) is 14.9. The average molecular weight is 458 g/mol. The minimum Gasteiger partial charge on any atom is -0.343 e. The zero-order valence-electron chi connectivity index (χ0n) is 17.1. The molecule has 1 aliphatic heterocycles. The van der Waals surface area contributed by atoms with E-state index in [9.17, 15) is 8.42 Å². The second kappa shape index (κ2) is 8.82. The summed E-state index contributed by atoms with van der Waals surface area (Å²) in [5.74, 6) is 0.876. The van der Waals surface area contributed by atoms with E-state index in [1.54, 1.807) is 12.1 Å². The quantitative estimate of drug-likeness (QED) is 0.548. The Morgan fingerprint density at radius 3 is 2.52 bits per heavy atom. The lowest BCUT2D eigenvalue weighted by Gasteiger charge is -2.22. The number of unbranched alkanes of at least 4 members (excludes halogenated alkanes) is 1. The molecule has 3 aromatic rings. The van der Waals surface area contributed by atoms with Crippen molar-refractivity contribution in [2.24, 2.45) is 10.2 Å². The Kier molecular flexibility index (Phi) is 6.13. The maximum atomic E-state index is 11.6. The molecule has 1 unspecified atom stereocenters. The number of para-hydroxylation sites is 1. The van der Waals surface area contributed by atoms with Gasteiger partial charge in [0.1, 0.15) is 11.9 Å². The Morgan fingerprint density at radius 1 is 1.16 bits per heavy atom. The molecule has 2 aromatic carbocycles. The van der Waals surface area contributed by atoms with Crippen LogP contribution in [0.1, 0.15) is 49.3 Å².